The molecule has 1 heterocycles. The van der Waals surface area contributed by atoms with Crippen LogP contribution in [0.5, 0.6) is 0 Å². The molecule has 0 saturated carbocycles. The van der Waals surface area contributed by atoms with Gasteiger partial charge in [-0.25, -0.2) is 13.1 Å². The Hall–Kier alpha value is -1.64. The molecule has 1 fully saturated rings. The molecule has 0 unspecified atom stereocenters. The van der Waals surface area contributed by atoms with E-state index in [4.69, 9.17) is 0 Å². The predicted molar refractivity (Wildman–Crippen MR) is 109 cm³/mol. The summed E-state index contributed by atoms with van der Waals surface area (Å²) in [5.74, 6) is 0.185. The van der Waals surface area contributed by atoms with Crippen molar-refractivity contribution in [1.29, 1.82) is 0 Å². The van der Waals surface area contributed by atoms with Crippen LogP contribution in [0.4, 0.5) is 5.69 Å². The molecular formula is C19H32N4O3S. The third-order valence-electron chi connectivity index (χ3n) is 4.84. The maximum absolute atomic E-state index is 12.6. The van der Waals surface area contributed by atoms with Crippen molar-refractivity contribution in [3.05, 3.63) is 24.3 Å². The number of carbonyl (C=O) groups excluding carboxylic acids is 1. The number of carbonyl (C=O) groups is 1. The second-order valence-corrected chi connectivity index (χ2v) is 8.67. The summed E-state index contributed by atoms with van der Waals surface area (Å²) < 4.78 is 26.9. The highest BCUT2D eigenvalue weighted by Crippen LogP contribution is 2.25. The molecule has 27 heavy (non-hydrogen) atoms. The smallest absolute Gasteiger partial charge is 0.242 e. The summed E-state index contributed by atoms with van der Waals surface area (Å²) in [6.45, 7) is 9.11. The average molecular weight is 397 g/mol. The third kappa shape index (κ3) is 5.67. The first-order valence-electron chi connectivity index (χ1n) is 9.70. The van der Waals surface area contributed by atoms with Gasteiger partial charge in [0, 0.05) is 39.3 Å². The standard InChI is InChI=1S/C19H32N4O3S/c1-4-10-23(11-5-2)19(24)16-21-12-14-22(15-13-21)17-8-6-7-9-18(17)27(25,26)20-3/h6-9,20H,4-5,10-16H2,1-3H3. The highest BCUT2D eigenvalue weighted by Gasteiger charge is 2.25. The van der Waals surface area contributed by atoms with Gasteiger partial charge in [-0.3, -0.25) is 9.69 Å². The summed E-state index contributed by atoms with van der Waals surface area (Å²) in [6, 6.07) is 7.06. The molecule has 7 nitrogen and oxygen atoms in total. The van der Waals surface area contributed by atoms with Gasteiger partial charge >= 0.3 is 0 Å². The van der Waals surface area contributed by atoms with E-state index in [1.165, 1.54) is 7.05 Å². The Morgan fingerprint density at radius 2 is 1.67 bits per heavy atom. The molecule has 8 heteroatoms. The average Bonchev–Trinajstić information content (AvgIpc) is 2.68. The summed E-state index contributed by atoms with van der Waals surface area (Å²) in [4.78, 5) is 19.0. The van der Waals surface area contributed by atoms with Crippen molar-refractivity contribution in [1.82, 2.24) is 14.5 Å². The zero-order valence-corrected chi connectivity index (χ0v) is 17.5. The van der Waals surface area contributed by atoms with E-state index in [0.717, 1.165) is 44.7 Å². The highest BCUT2D eigenvalue weighted by atomic mass is 32.2. The lowest BCUT2D eigenvalue weighted by molar-refractivity contribution is -0.132. The molecule has 1 aromatic carbocycles. The second-order valence-electron chi connectivity index (χ2n) is 6.82. The summed E-state index contributed by atoms with van der Waals surface area (Å²) in [5, 5.41) is 0. The Balaban J connectivity index is 1.99. The molecule has 0 bridgehead atoms. The Labute approximate surface area is 163 Å². The highest BCUT2D eigenvalue weighted by molar-refractivity contribution is 7.89. The lowest BCUT2D eigenvalue weighted by Gasteiger charge is -2.37. The molecule has 0 atom stereocenters. The minimum atomic E-state index is -3.50. The molecule has 1 aliphatic rings. The molecular weight excluding hydrogens is 364 g/mol. The maximum Gasteiger partial charge on any atom is 0.242 e. The zero-order valence-electron chi connectivity index (χ0n) is 16.6. The van der Waals surface area contributed by atoms with Gasteiger partial charge in [0.05, 0.1) is 12.2 Å². The van der Waals surface area contributed by atoms with E-state index in [2.05, 4.69) is 28.4 Å². The van der Waals surface area contributed by atoms with Gasteiger partial charge in [0.15, 0.2) is 0 Å². The fourth-order valence-corrected chi connectivity index (χ4v) is 4.34. The number of nitrogens with one attached hydrogen (secondary N) is 1. The topological polar surface area (TPSA) is 73.0 Å². The normalized spacial score (nSPS) is 15.7. The number of benzene rings is 1. The van der Waals surface area contributed by atoms with Gasteiger partial charge < -0.3 is 9.80 Å². The molecule has 1 N–H and O–H groups in total. The van der Waals surface area contributed by atoms with Crippen LogP contribution in [-0.4, -0.2) is 77.0 Å². The number of nitrogens with zero attached hydrogens (tertiary/aromatic N) is 3. The van der Waals surface area contributed by atoms with Crippen LogP contribution >= 0.6 is 0 Å². The minimum Gasteiger partial charge on any atom is -0.368 e. The summed E-state index contributed by atoms with van der Waals surface area (Å²) in [6.07, 6.45) is 1.94. The maximum atomic E-state index is 12.6. The van der Waals surface area contributed by atoms with Gasteiger partial charge in [-0.15, -0.1) is 0 Å². The van der Waals surface area contributed by atoms with Gasteiger partial charge in [0.2, 0.25) is 15.9 Å². The number of hydrogen-bond donors (Lipinski definition) is 1. The van der Waals surface area contributed by atoms with Crippen molar-refractivity contribution >= 4 is 21.6 Å². The van der Waals surface area contributed by atoms with Crippen LogP contribution in [0.3, 0.4) is 0 Å². The Morgan fingerprint density at radius 3 is 2.22 bits per heavy atom. The van der Waals surface area contributed by atoms with Crippen molar-refractivity contribution in [3.63, 3.8) is 0 Å². The number of para-hydroxylation sites is 1. The Bertz CT molecular complexity index is 709. The SMILES string of the molecule is CCCN(CCC)C(=O)CN1CCN(c2ccccc2S(=O)(=O)NC)CC1. The van der Waals surface area contributed by atoms with E-state index < -0.39 is 10.0 Å². The summed E-state index contributed by atoms with van der Waals surface area (Å²) >= 11 is 0. The Morgan fingerprint density at radius 1 is 1.07 bits per heavy atom. The molecule has 0 radical (unpaired) electrons. The number of rotatable bonds is 9. The summed E-state index contributed by atoms with van der Waals surface area (Å²) in [5.41, 5.74) is 0.719. The van der Waals surface area contributed by atoms with E-state index >= 15 is 0 Å². The van der Waals surface area contributed by atoms with Crippen LogP contribution in [0.2, 0.25) is 0 Å². The molecule has 152 valence electrons. The van der Waals surface area contributed by atoms with E-state index in [0.29, 0.717) is 24.5 Å². The number of anilines is 1. The lowest BCUT2D eigenvalue weighted by Crippen LogP contribution is -2.50. The number of piperazine rings is 1. The van der Waals surface area contributed by atoms with Crippen molar-refractivity contribution in [2.75, 3.05) is 57.8 Å². The predicted octanol–water partition coefficient (Wildman–Crippen LogP) is 1.37. The van der Waals surface area contributed by atoms with Gasteiger partial charge in [0.25, 0.3) is 0 Å². The van der Waals surface area contributed by atoms with E-state index in [1.807, 2.05) is 17.0 Å². The quantitative estimate of drug-likeness (QED) is 0.682. The van der Waals surface area contributed by atoms with Gasteiger partial charge in [0.1, 0.15) is 4.90 Å². The molecule has 1 saturated heterocycles. The molecule has 1 amide bonds. The van der Waals surface area contributed by atoms with Crippen LogP contribution < -0.4 is 9.62 Å². The van der Waals surface area contributed by atoms with Crippen LogP contribution in [0.25, 0.3) is 0 Å². The van der Waals surface area contributed by atoms with Crippen LogP contribution in [0, 0.1) is 0 Å². The van der Waals surface area contributed by atoms with Crippen LogP contribution in [0.15, 0.2) is 29.2 Å². The van der Waals surface area contributed by atoms with Crippen molar-refractivity contribution in [2.24, 2.45) is 0 Å². The molecule has 2 rings (SSSR count). The van der Waals surface area contributed by atoms with Crippen molar-refractivity contribution < 1.29 is 13.2 Å². The van der Waals surface area contributed by atoms with Crippen molar-refractivity contribution in [3.8, 4) is 0 Å². The lowest BCUT2D eigenvalue weighted by atomic mass is 10.2. The fraction of sp³-hybridized carbons (Fsp3) is 0.632. The Kier molecular flexibility index (Phi) is 8.07. The molecule has 0 spiro atoms. The fourth-order valence-electron chi connectivity index (χ4n) is 3.39. The van der Waals surface area contributed by atoms with E-state index in [-0.39, 0.29) is 5.91 Å². The molecule has 1 aromatic rings. The summed E-state index contributed by atoms with van der Waals surface area (Å²) in [7, 11) is -2.08. The molecule has 1 aliphatic heterocycles. The largest absolute Gasteiger partial charge is 0.368 e. The van der Waals surface area contributed by atoms with Crippen LogP contribution in [-0.2, 0) is 14.8 Å². The second kappa shape index (κ2) is 10.1. The number of hydrogen-bond acceptors (Lipinski definition) is 5. The molecule has 0 aromatic heterocycles. The van der Waals surface area contributed by atoms with E-state index in [9.17, 15) is 13.2 Å². The number of sulfonamides is 1. The van der Waals surface area contributed by atoms with Crippen molar-refractivity contribution in [2.45, 2.75) is 31.6 Å². The zero-order chi connectivity index (χ0) is 19.9. The van der Waals surface area contributed by atoms with Gasteiger partial charge in [-0.05, 0) is 32.0 Å². The van der Waals surface area contributed by atoms with Crippen LogP contribution in [0.1, 0.15) is 26.7 Å². The third-order valence-corrected chi connectivity index (χ3v) is 6.30. The first-order valence-corrected chi connectivity index (χ1v) is 11.2. The minimum absolute atomic E-state index is 0.185. The van der Waals surface area contributed by atoms with Gasteiger partial charge in [-0.1, -0.05) is 26.0 Å². The monoisotopic (exact) mass is 396 g/mol. The van der Waals surface area contributed by atoms with E-state index in [1.54, 1.807) is 12.1 Å². The first kappa shape index (κ1) is 21.7. The number of amides is 1. The first-order chi connectivity index (χ1) is 12.9. The van der Waals surface area contributed by atoms with Gasteiger partial charge in [-0.2, -0.15) is 0 Å². The molecule has 0 aliphatic carbocycles.